The van der Waals surface area contributed by atoms with Gasteiger partial charge >= 0.3 is 0 Å². The number of fused-ring (bicyclic) bond motifs is 1. The van der Waals surface area contributed by atoms with Gasteiger partial charge in [0, 0.05) is 17.2 Å². The molecule has 1 N–H and O–H groups in total. The maximum Gasteiger partial charge on any atom is 0.225 e. The molecule has 18 heavy (non-hydrogen) atoms. The lowest BCUT2D eigenvalue weighted by atomic mass is 10.2. The fraction of sp³-hybridized carbons (Fsp3) is 0.538. The summed E-state index contributed by atoms with van der Waals surface area (Å²) >= 11 is 3.51. The van der Waals surface area contributed by atoms with Crippen molar-refractivity contribution in [2.75, 3.05) is 11.9 Å². The molecule has 0 aliphatic heterocycles. The van der Waals surface area contributed by atoms with Crippen LogP contribution in [-0.2, 0) is 0 Å². The molecule has 1 unspecified atom stereocenters. The van der Waals surface area contributed by atoms with Gasteiger partial charge in [-0.2, -0.15) is 0 Å². The number of rotatable bonds is 5. The monoisotopic (exact) mass is 281 g/mol. The van der Waals surface area contributed by atoms with Crippen molar-refractivity contribution in [3.63, 3.8) is 0 Å². The van der Waals surface area contributed by atoms with E-state index in [4.69, 9.17) is 0 Å². The Morgan fingerprint density at radius 2 is 2.11 bits per heavy atom. The van der Waals surface area contributed by atoms with Crippen molar-refractivity contribution in [3.05, 3.63) is 11.4 Å². The molecule has 0 bridgehead atoms. The SMILES string of the molecule is CCNc1nc(SC(C)C(C)C)c2ccsc2n1. The van der Waals surface area contributed by atoms with Crippen molar-refractivity contribution in [2.24, 2.45) is 5.92 Å². The first-order chi connectivity index (χ1) is 8.61. The Labute approximate surface area is 116 Å². The summed E-state index contributed by atoms with van der Waals surface area (Å²) in [5.41, 5.74) is 0. The lowest BCUT2D eigenvalue weighted by molar-refractivity contribution is 0.642. The maximum absolute atomic E-state index is 4.63. The molecule has 0 fully saturated rings. The molecule has 0 amide bonds. The summed E-state index contributed by atoms with van der Waals surface area (Å²) < 4.78 is 0. The van der Waals surface area contributed by atoms with Gasteiger partial charge in [-0.05, 0) is 24.3 Å². The van der Waals surface area contributed by atoms with Crippen LogP contribution in [0.1, 0.15) is 27.7 Å². The minimum atomic E-state index is 0.553. The van der Waals surface area contributed by atoms with Crippen molar-refractivity contribution >= 4 is 39.3 Å². The van der Waals surface area contributed by atoms with E-state index in [1.165, 1.54) is 5.39 Å². The van der Waals surface area contributed by atoms with Crippen LogP contribution in [-0.4, -0.2) is 21.8 Å². The van der Waals surface area contributed by atoms with Crippen molar-refractivity contribution < 1.29 is 0 Å². The highest BCUT2D eigenvalue weighted by atomic mass is 32.2. The molecule has 2 aromatic rings. The number of hydrogen-bond donors (Lipinski definition) is 1. The Kier molecular flexibility index (Phi) is 4.45. The summed E-state index contributed by atoms with van der Waals surface area (Å²) in [5, 5.41) is 8.11. The van der Waals surface area contributed by atoms with Gasteiger partial charge in [0.2, 0.25) is 5.95 Å². The maximum atomic E-state index is 4.63. The van der Waals surface area contributed by atoms with Gasteiger partial charge in [0.25, 0.3) is 0 Å². The molecule has 2 rings (SSSR count). The highest BCUT2D eigenvalue weighted by Gasteiger charge is 2.14. The summed E-state index contributed by atoms with van der Waals surface area (Å²) in [6.45, 7) is 9.65. The zero-order valence-electron chi connectivity index (χ0n) is 11.2. The standard InChI is InChI=1S/C13H19N3S2/c1-5-14-13-15-11-10(6-7-17-11)12(16-13)18-9(4)8(2)3/h6-9H,5H2,1-4H3,(H,14,15,16). The molecule has 2 aromatic heterocycles. The van der Waals surface area contributed by atoms with Gasteiger partial charge in [0.1, 0.15) is 9.86 Å². The summed E-state index contributed by atoms with van der Waals surface area (Å²) in [4.78, 5) is 10.2. The van der Waals surface area contributed by atoms with Crippen molar-refractivity contribution in [1.29, 1.82) is 0 Å². The van der Waals surface area contributed by atoms with E-state index in [1.54, 1.807) is 11.3 Å². The predicted octanol–water partition coefficient (Wildman–Crippen LogP) is 4.26. The van der Waals surface area contributed by atoms with E-state index >= 15 is 0 Å². The van der Waals surface area contributed by atoms with Crippen LogP contribution in [0.5, 0.6) is 0 Å². The van der Waals surface area contributed by atoms with Crippen LogP contribution in [0.15, 0.2) is 16.5 Å². The molecule has 1 atom stereocenters. The minimum absolute atomic E-state index is 0.553. The van der Waals surface area contributed by atoms with Crippen LogP contribution in [0.25, 0.3) is 10.2 Å². The van der Waals surface area contributed by atoms with E-state index in [9.17, 15) is 0 Å². The molecule has 0 saturated heterocycles. The number of nitrogens with zero attached hydrogens (tertiary/aromatic N) is 2. The van der Waals surface area contributed by atoms with Crippen LogP contribution in [0, 0.1) is 5.92 Å². The Bertz CT molecular complexity index is 522. The second-order valence-electron chi connectivity index (χ2n) is 4.59. The third-order valence-electron chi connectivity index (χ3n) is 2.86. The highest BCUT2D eigenvalue weighted by Crippen LogP contribution is 2.34. The number of hydrogen-bond acceptors (Lipinski definition) is 5. The summed E-state index contributed by atoms with van der Waals surface area (Å²) in [7, 11) is 0. The number of thiophene rings is 1. The van der Waals surface area contributed by atoms with E-state index < -0.39 is 0 Å². The van der Waals surface area contributed by atoms with Gasteiger partial charge in [-0.1, -0.05) is 20.8 Å². The average molecular weight is 281 g/mol. The molecule has 5 heteroatoms. The third-order valence-corrected chi connectivity index (χ3v) is 5.12. The molecule has 2 heterocycles. The van der Waals surface area contributed by atoms with E-state index in [2.05, 4.69) is 54.4 Å². The highest BCUT2D eigenvalue weighted by molar-refractivity contribution is 8.00. The van der Waals surface area contributed by atoms with Gasteiger partial charge in [-0.3, -0.25) is 0 Å². The molecule has 98 valence electrons. The second kappa shape index (κ2) is 5.89. The lowest BCUT2D eigenvalue weighted by Gasteiger charge is -2.15. The smallest absolute Gasteiger partial charge is 0.225 e. The Morgan fingerprint density at radius 3 is 2.78 bits per heavy atom. The average Bonchev–Trinajstić information content (AvgIpc) is 2.77. The van der Waals surface area contributed by atoms with Crippen molar-refractivity contribution in [1.82, 2.24) is 9.97 Å². The third kappa shape index (κ3) is 2.95. The van der Waals surface area contributed by atoms with E-state index in [0.29, 0.717) is 11.2 Å². The quantitative estimate of drug-likeness (QED) is 0.656. The minimum Gasteiger partial charge on any atom is -0.354 e. The van der Waals surface area contributed by atoms with E-state index in [0.717, 1.165) is 22.3 Å². The number of aromatic nitrogens is 2. The Morgan fingerprint density at radius 1 is 1.33 bits per heavy atom. The molecule has 0 saturated carbocycles. The Hall–Kier alpha value is -0.810. The zero-order chi connectivity index (χ0) is 13.1. The van der Waals surface area contributed by atoms with Gasteiger partial charge in [-0.25, -0.2) is 9.97 Å². The fourth-order valence-electron chi connectivity index (χ4n) is 1.47. The largest absolute Gasteiger partial charge is 0.354 e. The topological polar surface area (TPSA) is 37.8 Å². The molecule has 0 aliphatic rings. The Balaban J connectivity index is 2.37. The molecule has 0 radical (unpaired) electrons. The van der Waals surface area contributed by atoms with Crippen molar-refractivity contribution in [2.45, 2.75) is 38.0 Å². The number of anilines is 1. The number of nitrogens with one attached hydrogen (secondary N) is 1. The van der Waals surface area contributed by atoms with Crippen LogP contribution in [0.2, 0.25) is 0 Å². The molecule has 0 spiro atoms. The first-order valence-corrected chi connectivity index (χ1v) is 8.03. The van der Waals surface area contributed by atoms with Gasteiger partial charge < -0.3 is 5.32 Å². The molecular formula is C13H19N3S2. The first-order valence-electron chi connectivity index (χ1n) is 6.27. The summed E-state index contributed by atoms with van der Waals surface area (Å²) in [6.07, 6.45) is 0. The predicted molar refractivity (Wildman–Crippen MR) is 81.7 cm³/mol. The van der Waals surface area contributed by atoms with Gasteiger partial charge in [0.05, 0.1) is 0 Å². The molecular weight excluding hydrogens is 262 g/mol. The number of thioether (sulfide) groups is 1. The van der Waals surface area contributed by atoms with Gasteiger partial charge in [-0.15, -0.1) is 23.1 Å². The zero-order valence-corrected chi connectivity index (χ0v) is 12.9. The molecule has 0 aromatic carbocycles. The van der Waals surface area contributed by atoms with Crippen LogP contribution >= 0.6 is 23.1 Å². The van der Waals surface area contributed by atoms with Crippen LogP contribution in [0.3, 0.4) is 0 Å². The molecule has 3 nitrogen and oxygen atoms in total. The van der Waals surface area contributed by atoms with Crippen molar-refractivity contribution in [3.8, 4) is 0 Å². The lowest BCUT2D eigenvalue weighted by Crippen LogP contribution is -2.07. The first kappa shape index (κ1) is 13.6. The van der Waals surface area contributed by atoms with Gasteiger partial charge in [0.15, 0.2) is 0 Å². The summed E-state index contributed by atoms with van der Waals surface area (Å²) in [5.74, 6) is 1.38. The normalized spacial score (nSPS) is 13.2. The summed E-state index contributed by atoms with van der Waals surface area (Å²) in [6, 6.07) is 2.12. The van der Waals surface area contributed by atoms with E-state index in [1.807, 2.05) is 11.8 Å². The molecule has 0 aliphatic carbocycles. The van der Waals surface area contributed by atoms with E-state index in [-0.39, 0.29) is 0 Å². The fourth-order valence-corrected chi connectivity index (χ4v) is 3.35. The van der Waals surface area contributed by atoms with Crippen LogP contribution in [0.4, 0.5) is 5.95 Å². The van der Waals surface area contributed by atoms with Crippen LogP contribution < -0.4 is 5.32 Å². The second-order valence-corrected chi connectivity index (χ2v) is 6.85.